The Morgan fingerprint density at radius 1 is 0.727 bits per heavy atom. The van der Waals surface area contributed by atoms with E-state index in [1.165, 1.54) is 62.5 Å². The molecule has 0 amide bonds. The van der Waals surface area contributed by atoms with Gasteiger partial charge < -0.3 is 0 Å². The van der Waals surface area contributed by atoms with E-state index in [1.807, 2.05) is 0 Å². The first kappa shape index (κ1) is 16.1. The van der Waals surface area contributed by atoms with Gasteiger partial charge in [-0.25, -0.2) is 0 Å². The summed E-state index contributed by atoms with van der Waals surface area (Å²) in [7, 11) is 0. The fraction of sp³-hybridized carbons (Fsp3) is 0.727. The molecule has 0 radical (unpaired) electrons. The van der Waals surface area contributed by atoms with E-state index in [1.54, 1.807) is 11.1 Å². The van der Waals surface area contributed by atoms with Crippen molar-refractivity contribution >= 4 is 0 Å². The van der Waals surface area contributed by atoms with Crippen molar-refractivity contribution in [3.8, 4) is 0 Å². The maximum absolute atomic E-state index is 2.44. The van der Waals surface area contributed by atoms with Crippen LogP contribution in [-0.4, -0.2) is 0 Å². The lowest BCUT2D eigenvalue weighted by Gasteiger charge is -2.37. The van der Waals surface area contributed by atoms with Crippen LogP contribution >= 0.6 is 0 Å². The summed E-state index contributed by atoms with van der Waals surface area (Å²) in [6.45, 7) is 9.32. The van der Waals surface area contributed by atoms with Crippen LogP contribution in [0.4, 0.5) is 0 Å². The zero-order valence-electron chi connectivity index (χ0n) is 15.1. The lowest BCUT2D eigenvalue weighted by molar-refractivity contribution is 0.165. The van der Waals surface area contributed by atoms with Crippen LogP contribution in [0.15, 0.2) is 12.1 Å². The molecule has 2 fully saturated rings. The van der Waals surface area contributed by atoms with Crippen LogP contribution in [-0.2, 0) is 0 Å². The molecule has 0 N–H and O–H groups in total. The predicted octanol–water partition coefficient (Wildman–Crippen LogP) is 7.20. The van der Waals surface area contributed by atoms with Crippen LogP contribution in [0.5, 0.6) is 0 Å². The summed E-state index contributed by atoms with van der Waals surface area (Å²) >= 11 is 0. The Hall–Kier alpha value is -0.780. The van der Waals surface area contributed by atoms with E-state index in [4.69, 9.17) is 0 Å². The standard InChI is InChI=1S/C22H34.2H2/c1-15-5-8-19(9-6-15)20-10-12-21(13-11-20)22-14-7-16(2)17(3)18(22)4;;/h7,14-15,19-21H,5-6,8-13H2,1-4H3;2*1H. The van der Waals surface area contributed by atoms with Gasteiger partial charge in [0.2, 0.25) is 0 Å². The van der Waals surface area contributed by atoms with Gasteiger partial charge in [-0.05, 0) is 105 Å². The van der Waals surface area contributed by atoms with E-state index in [2.05, 4.69) is 39.8 Å². The van der Waals surface area contributed by atoms with Crippen molar-refractivity contribution in [2.45, 2.75) is 85.0 Å². The van der Waals surface area contributed by atoms with Crippen LogP contribution in [0, 0.1) is 38.5 Å². The minimum Gasteiger partial charge on any atom is -0.0625 e. The van der Waals surface area contributed by atoms with Gasteiger partial charge in [0.05, 0.1) is 0 Å². The van der Waals surface area contributed by atoms with E-state index in [0.29, 0.717) is 0 Å². The lowest BCUT2D eigenvalue weighted by atomic mass is 9.68. The van der Waals surface area contributed by atoms with E-state index in [9.17, 15) is 0 Å². The second-order valence-electron chi connectivity index (χ2n) is 8.35. The SMILES string of the molecule is Cc1ccc(C2CCC(C3CCC(C)CC3)CC2)c(C)c1C.[HH].[HH]. The molecule has 0 unspecified atom stereocenters. The highest BCUT2D eigenvalue weighted by Gasteiger charge is 2.30. The Bertz CT molecular complexity index is 507. The number of benzene rings is 1. The van der Waals surface area contributed by atoms with Gasteiger partial charge in [-0.3, -0.25) is 0 Å². The summed E-state index contributed by atoms with van der Waals surface area (Å²) in [6, 6.07) is 4.76. The summed E-state index contributed by atoms with van der Waals surface area (Å²) in [4.78, 5) is 0. The average Bonchev–Trinajstić information content (AvgIpc) is 2.54. The van der Waals surface area contributed by atoms with Gasteiger partial charge in [0, 0.05) is 2.85 Å². The van der Waals surface area contributed by atoms with Gasteiger partial charge in [0.15, 0.2) is 0 Å². The van der Waals surface area contributed by atoms with Crippen LogP contribution < -0.4 is 0 Å². The van der Waals surface area contributed by atoms with Crippen molar-refractivity contribution in [1.82, 2.24) is 0 Å². The van der Waals surface area contributed by atoms with Gasteiger partial charge in [0.1, 0.15) is 0 Å². The summed E-state index contributed by atoms with van der Waals surface area (Å²) < 4.78 is 0. The molecule has 2 aliphatic carbocycles. The van der Waals surface area contributed by atoms with Gasteiger partial charge in [-0.15, -0.1) is 0 Å². The maximum Gasteiger partial charge on any atom is 0 e. The normalized spacial score (nSPS) is 32.9. The third kappa shape index (κ3) is 3.26. The Morgan fingerprint density at radius 2 is 1.27 bits per heavy atom. The van der Waals surface area contributed by atoms with Gasteiger partial charge in [-0.2, -0.15) is 0 Å². The number of hydrogen-bond acceptors (Lipinski definition) is 0. The van der Waals surface area contributed by atoms with Crippen molar-refractivity contribution in [3.05, 3.63) is 34.4 Å². The molecule has 0 bridgehead atoms. The van der Waals surface area contributed by atoms with Crippen LogP contribution in [0.3, 0.4) is 0 Å². The quantitative estimate of drug-likeness (QED) is 0.541. The summed E-state index contributed by atoms with van der Waals surface area (Å²) in [5, 5.41) is 0. The topological polar surface area (TPSA) is 0 Å². The Kier molecular flexibility index (Phi) is 4.95. The summed E-state index contributed by atoms with van der Waals surface area (Å²) in [6.07, 6.45) is 11.8. The van der Waals surface area contributed by atoms with Gasteiger partial charge in [0.25, 0.3) is 0 Å². The fourth-order valence-corrected chi connectivity index (χ4v) is 5.08. The highest BCUT2D eigenvalue weighted by molar-refractivity contribution is 5.40. The molecule has 0 heterocycles. The number of aryl methyl sites for hydroxylation is 1. The third-order valence-corrected chi connectivity index (χ3v) is 7.04. The fourth-order valence-electron chi connectivity index (χ4n) is 5.08. The minimum atomic E-state index is 0. The molecule has 126 valence electrons. The Morgan fingerprint density at radius 3 is 1.86 bits per heavy atom. The predicted molar refractivity (Wildman–Crippen MR) is 101 cm³/mol. The molecule has 2 saturated carbocycles. The molecule has 1 aromatic carbocycles. The van der Waals surface area contributed by atoms with Crippen LogP contribution in [0.2, 0.25) is 0 Å². The van der Waals surface area contributed by atoms with Gasteiger partial charge in [-0.1, -0.05) is 31.9 Å². The van der Waals surface area contributed by atoms with Crippen molar-refractivity contribution in [1.29, 1.82) is 0 Å². The Labute approximate surface area is 140 Å². The van der Waals surface area contributed by atoms with Crippen molar-refractivity contribution in [2.24, 2.45) is 17.8 Å². The summed E-state index contributed by atoms with van der Waals surface area (Å²) in [5.41, 5.74) is 6.18. The molecular weight excluding hydrogens is 264 g/mol. The molecule has 0 nitrogen and oxygen atoms in total. The first-order valence-corrected chi connectivity index (χ1v) is 9.63. The second-order valence-corrected chi connectivity index (χ2v) is 8.35. The highest BCUT2D eigenvalue weighted by atomic mass is 14.4. The van der Waals surface area contributed by atoms with E-state index in [0.717, 1.165) is 23.7 Å². The largest absolute Gasteiger partial charge is 0.0625 e. The Balaban J connectivity index is 0.00000144. The molecule has 3 rings (SSSR count). The highest BCUT2D eigenvalue weighted by Crippen LogP contribution is 2.44. The lowest BCUT2D eigenvalue weighted by Crippen LogP contribution is -2.25. The first-order valence-electron chi connectivity index (χ1n) is 9.63. The molecule has 0 saturated heterocycles. The molecule has 1 aromatic rings. The number of hydrogen-bond donors (Lipinski definition) is 0. The monoisotopic (exact) mass is 302 g/mol. The molecule has 22 heavy (non-hydrogen) atoms. The van der Waals surface area contributed by atoms with E-state index >= 15 is 0 Å². The molecular formula is C22H38. The molecule has 0 heteroatoms. The van der Waals surface area contributed by atoms with Crippen LogP contribution in [0.25, 0.3) is 0 Å². The second kappa shape index (κ2) is 6.77. The average molecular weight is 303 g/mol. The molecule has 0 spiro atoms. The third-order valence-electron chi connectivity index (χ3n) is 7.04. The van der Waals surface area contributed by atoms with Crippen molar-refractivity contribution in [3.63, 3.8) is 0 Å². The maximum atomic E-state index is 2.44. The van der Waals surface area contributed by atoms with E-state index < -0.39 is 0 Å². The van der Waals surface area contributed by atoms with Crippen molar-refractivity contribution in [2.75, 3.05) is 0 Å². The summed E-state index contributed by atoms with van der Waals surface area (Å²) in [5.74, 6) is 3.91. The number of rotatable bonds is 2. The van der Waals surface area contributed by atoms with Crippen molar-refractivity contribution < 1.29 is 2.85 Å². The zero-order valence-corrected chi connectivity index (χ0v) is 15.1. The van der Waals surface area contributed by atoms with Crippen LogP contribution in [0.1, 0.15) is 89.3 Å². The molecule has 0 atom stereocenters. The smallest absolute Gasteiger partial charge is 0 e. The zero-order chi connectivity index (χ0) is 15.7. The van der Waals surface area contributed by atoms with E-state index in [-0.39, 0.29) is 2.85 Å². The molecule has 0 aliphatic heterocycles. The molecule has 2 aliphatic rings. The first-order chi connectivity index (χ1) is 10.6. The van der Waals surface area contributed by atoms with Gasteiger partial charge >= 0.3 is 0 Å². The minimum absolute atomic E-state index is 0. The molecule has 0 aromatic heterocycles.